The minimum atomic E-state index is -0.641. The summed E-state index contributed by atoms with van der Waals surface area (Å²) in [6, 6.07) is 8.36. The van der Waals surface area contributed by atoms with Gasteiger partial charge in [-0.05, 0) is 25.0 Å². The van der Waals surface area contributed by atoms with Crippen LogP contribution in [0.25, 0.3) is 11.2 Å². The van der Waals surface area contributed by atoms with Gasteiger partial charge in [-0.3, -0.25) is 19.0 Å². The number of imidazole rings is 1. The molecule has 2 aromatic heterocycles. The highest BCUT2D eigenvalue weighted by Gasteiger charge is 2.34. The van der Waals surface area contributed by atoms with Gasteiger partial charge in [-0.2, -0.15) is 0 Å². The molecule has 1 aromatic carbocycles. The van der Waals surface area contributed by atoms with Crippen LogP contribution < -0.4 is 16.6 Å². The third-order valence-electron chi connectivity index (χ3n) is 5.41. The predicted octanol–water partition coefficient (Wildman–Crippen LogP) is 0.0634. The number of rotatable bonds is 4. The highest BCUT2D eigenvalue weighted by Crippen LogP contribution is 2.20. The molecule has 1 aliphatic heterocycles. The van der Waals surface area contributed by atoms with Crippen LogP contribution in [0, 0.1) is 0 Å². The third kappa shape index (κ3) is 3.30. The van der Waals surface area contributed by atoms with Crippen LogP contribution in [0.5, 0.6) is 0 Å². The number of hydrogen-bond donors (Lipinski definition) is 1. The number of nitrogens with zero attached hydrogens (tertiary/aromatic N) is 5. The SMILES string of the molecule is Cn1cnc2c1c(=O)n(CC(=O)N1CCCC1C(=O)Nc1ccccc1)c(=O)n2C. The first-order chi connectivity index (χ1) is 14.4. The zero-order chi connectivity index (χ0) is 21.4. The lowest BCUT2D eigenvalue weighted by atomic mass is 10.2. The van der Waals surface area contributed by atoms with Crippen molar-refractivity contribution in [2.45, 2.75) is 25.4 Å². The van der Waals surface area contributed by atoms with Gasteiger partial charge in [0.05, 0.1) is 6.33 Å². The number of likely N-dealkylation sites (tertiary alicyclic amines) is 1. The van der Waals surface area contributed by atoms with E-state index in [1.54, 1.807) is 19.2 Å². The van der Waals surface area contributed by atoms with Gasteiger partial charge in [0.25, 0.3) is 5.56 Å². The number of nitrogens with one attached hydrogen (secondary N) is 1. The van der Waals surface area contributed by atoms with Crippen molar-refractivity contribution in [3.63, 3.8) is 0 Å². The minimum absolute atomic E-state index is 0.240. The highest BCUT2D eigenvalue weighted by molar-refractivity contribution is 5.97. The maximum Gasteiger partial charge on any atom is 0.332 e. The molecular formula is C20H22N6O4. The van der Waals surface area contributed by atoms with Crippen molar-refractivity contribution in [2.24, 2.45) is 14.1 Å². The van der Waals surface area contributed by atoms with E-state index in [0.717, 1.165) is 4.57 Å². The minimum Gasteiger partial charge on any atom is -0.329 e. The molecule has 10 heteroatoms. The molecule has 1 N–H and O–H groups in total. The molecule has 2 amide bonds. The fraction of sp³-hybridized carbons (Fsp3) is 0.350. The van der Waals surface area contributed by atoms with Crippen LogP contribution in [0.15, 0.2) is 46.2 Å². The number of carbonyl (C=O) groups excluding carboxylic acids is 2. The van der Waals surface area contributed by atoms with Crippen molar-refractivity contribution in [2.75, 3.05) is 11.9 Å². The Labute approximate surface area is 171 Å². The van der Waals surface area contributed by atoms with Gasteiger partial charge < -0.3 is 14.8 Å². The molecule has 1 saturated heterocycles. The largest absolute Gasteiger partial charge is 0.332 e. The average molecular weight is 410 g/mol. The molecule has 1 aliphatic rings. The molecule has 3 heterocycles. The molecule has 1 fully saturated rings. The van der Waals surface area contributed by atoms with Crippen LogP contribution in [0.4, 0.5) is 5.69 Å². The molecular weight excluding hydrogens is 388 g/mol. The van der Waals surface area contributed by atoms with Crippen molar-refractivity contribution >= 4 is 28.7 Å². The summed E-state index contributed by atoms with van der Waals surface area (Å²) < 4.78 is 3.66. The summed E-state index contributed by atoms with van der Waals surface area (Å²) in [5, 5.41) is 2.81. The van der Waals surface area contributed by atoms with Gasteiger partial charge in [-0.15, -0.1) is 0 Å². The van der Waals surface area contributed by atoms with E-state index in [4.69, 9.17) is 0 Å². The quantitative estimate of drug-likeness (QED) is 0.654. The Morgan fingerprint density at radius 3 is 2.63 bits per heavy atom. The predicted molar refractivity (Wildman–Crippen MR) is 110 cm³/mol. The van der Waals surface area contributed by atoms with Gasteiger partial charge in [0.15, 0.2) is 11.2 Å². The molecule has 10 nitrogen and oxygen atoms in total. The second kappa shape index (κ2) is 7.62. The highest BCUT2D eigenvalue weighted by atomic mass is 16.2. The third-order valence-corrected chi connectivity index (χ3v) is 5.41. The molecule has 0 radical (unpaired) electrons. The lowest BCUT2D eigenvalue weighted by Crippen LogP contribution is -2.48. The van der Waals surface area contributed by atoms with Crippen molar-refractivity contribution < 1.29 is 9.59 Å². The number of para-hydroxylation sites is 1. The molecule has 0 bridgehead atoms. The first-order valence-corrected chi connectivity index (χ1v) is 9.64. The standard InChI is InChI=1S/C20H22N6O4/c1-23-12-21-17-16(23)19(29)26(20(30)24(17)2)11-15(27)25-10-6-9-14(25)18(28)22-13-7-4-3-5-8-13/h3-5,7-8,12,14H,6,9-11H2,1-2H3,(H,22,28). The van der Waals surface area contributed by atoms with E-state index in [9.17, 15) is 19.2 Å². The molecule has 1 atom stereocenters. The van der Waals surface area contributed by atoms with Crippen molar-refractivity contribution in [1.82, 2.24) is 23.6 Å². The number of anilines is 1. The summed E-state index contributed by atoms with van der Waals surface area (Å²) in [6.07, 6.45) is 2.65. The van der Waals surface area contributed by atoms with Crippen molar-refractivity contribution in [3.8, 4) is 0 Å². The molecule has 0 saturated carbocycles. The maximum atomic E-state index is 13.0. The zero-order valence-electron chi connectivity index (χ0n) is 16.7. The normalized spacial score (nSPS) is 16.2. The second-order valence-electron chi connectivity index (χ2n) is 7.36. The Kier molecular flexibility index (Phi) is 4.98. The Balaban J connectivity index is 1.59. The second-order valence-corrected chi connectivity index (χ2v) is 7.36. The average Bonchev–Trinajstić information content (AvgIpc) is 3.37. The van der Waals surface area contributed by atoms with Gasteiger partial charge >= 0.3 is 5.69 Å². The van der Waals surface area contributed by atoms with E-state index in [0.29, 0.717) is 25.1 Å². The summed E-state index contributed by atoms with van der Waals surface area (Å²) in [5.41, 5.74) is -0.0503. The van der Waals surface area contributed by atoms with Crippen LogP contribution >= 0.6 is 0 Å². The summed E-state index contributed by atoms with van der Waals surface area (Å²) in [5.74, 6) is -0.726. The number of hydrogen-bond acceptors (Lipinski definition) is 5. The van der Waals surface area contributed by atoms with E-state index >= 15 is 0 Å². The summed E-state index contributed by atoms with van der Waals surface area (Å²) in [4.78, 5) is 56.7. The van der Waals surface area contributed by atoms with Gasteiger partial charge in [0.1, 0.15) is 12.6 Å². The van der Waals surface area contributed by atoms with Gasteiger partial charge in [0.2, 0.25) is 11.8 Å². The maximum absolute atomic E-state index is 13.0. The van der Waals surface area contributed by atoms with Crippen LogP contribution in [-0.2, 0) is 30.2 Å². The van der Waals surface area contributed by atoms with E-state index in [2.05, 4.69) is 10.3 Å². The van der Waals surface area contributed by atoms with Gasteiger partial charge in [0, 0.05) is 26.3 Å². The van der Waals surface area contributed by atoms with Crippen LogP contribution in [0.2, 0.25) is 0 Å². The summed E-state index contributed by atoms with van der Waals surface area (Å²) in [7, 11) is 3.15. The Morgan fingerprint density at radius 1 is 1.17 bits per heavy atom. The molecule has 156 valence electrons. The van der Waals surface area contributed by atoms with E-state index < -0.39 is 29.7 Å². The monoisotopic (exact) mass is 410 g/mol. The molecule has 1 unspecified atom stereocenters. The number of aryl methyl sites for hydroxylation is 2. The number of aromatic nitrogens is 4. The first-order valence-electron chi connectivity index (χ1n) is 9.64. The first kappa shape index (κ1) is 19.6. The van der Waals surface area contributed by atoms with E-state index in [1.165, 1.54) is 27.4 Å². The lowest BCUT2D eigenvalue weighted by Gasteiger charge is -2.24. The Morgan fingerprint density at radius 2 is 1.90 bits per heavy atom. The number of carbonyl (C=O) groups is 2. The topological polar surface area (TPSA) is 111 Å². The molecule has 0 spiro atoms. The van der Waals surface area contributed by atoms with Crippen LogP contribution in [0.3, 0.4) is 0 Å². The van der Waals surface area contributed by atoms with E-state index in [-0.39, 0.29) is 17.1 Å². The molecule has 30 heavy (non-hydrogen) atoms. The number of fused-ring (bicyclic) bond motifs is 1. The number of benzene rings is 1. The number of amides is 2. The smallest absolute Gasteiger partial charge is 0.329 e. The van der Waals surface area contributed by atoms with Crippen LogP contribution in [-0.4, -0.2) is 48.0 Å². The van der Waals surface area contributed by atoms with E-state index in [1.807, 2.05) is 18.2 Å². The van der Waals surface area contributed by atoms with Gasteiger partial charge in [-0.1, -0.05) is 18.2 Å². The summed E-state index contributed by atoms with van der Waals surface area (Å²) in [6.45, 7) is -0.0313. The Hall–Kier alpha value is -3.69. The fourth-order valence-electron chi connectivity index (χ4n) is 3.85. The molecule has 3 aromatic rings. The Bertz CT molecular complexity index is 1240. The zero-order valence-corrected chi connectivity index (χ0v) is 16.7. The van der Waals surface area contributed by atoms with Crippen molar-refractivity contribution in [1.29, 1.82) is 0 Å². The molecule has 0 aliphatic carbocycles. The lowest BCUT2D eigenvalue weighted by molar-refractivity contribution is -0.137. The fourth-order valence-corrected chi connectivity index (χ4v) is 3.85. The van der Waals surface area contributed by atoms with Gasteiger partial charge in [-0.25, -0.2) is 14.3 Å². The van der Waals surface area contributed by atoms with Crippen LogP contribution in [0.1, 0.15) is 12.8 Å². The molecule has 4 rings (SSSR count). The van der Waals surface area contributed by atoms with Crippen molar-refractivity contribution in [3.05, 3.63) is 57.5 Å². The summed E-state index contributed by atoms with van der Waals surface area (Å²) >= 11 is 0.